The third kappa shape index (κ3) is 7.52. The zero-order valence-corrected chi connectivity index (χ0v) is 37.4. The molecule has 0 aliphatic heterocycles. The summed E-state index contributed by atoms with van der Waals surface area (Å²) in [6, 6.07) is 54.1. The Bertz CT molecular complexity index is 3220. The minimum Gasteiger partial charge on any atom is -0.299 e. The van der Waals surface area contributed by atoms with Gasteiger partial charge in [-0.25, -0.2) is 0 Å². The number of ketones is 4. The molecule has 3 aliphatic rings. The van der Waals surface area contributed by atoms with Gasteiger partial charge in [0.25, 0.3) is 0 Å². The van der Waals surface area contributed by atoms with Gasteiger partial charge in [-0.15, -0.1) is 0 Å². The highest BCUT2D eigenvalue weighted by Crippen LogP contribution is 2.57. The molecule has 0 aromatic heterocycles. The molecule has 0 saturated heterocycles. The Balaban J connectivity index is 0.000000130. The normalized spacial score (nSPS) is 13.3. The van der Waals surface area contributed by atoms with Gasteiger partial charge in [0.2, 0.25) is 11.6 Å². The molecule has 8 aromatic rings. The highest BCUT2D eigenvalue weighted by atomic mass is 79.9. The first kappa shape index (κ1) is 41.3. The van der Waals surface area contributed by atoms with Crippen LogP contribution >= 0.6 is 55.1 Å². The number of halogens is 4. The second kappa shape index (κ2) is 17.4. The van der Waals surface area contributed by atoms with Gasteiger partial charge in [0.1, 0.15) is 5.78 Å². The van der Waals surface area contributed by atoms with E-state index in [1.807, 2.05) is 115 Å². The van der Waals surface area contributed by atoms with E-state index in [4.69, 9.17) is 23.2 Å². The minimum atomic E-state index is -0.395. The Morgan fingerprint density at radius 3 is 1.53 bits per heavy atom. The van der Waals surface area contributed by atoms with Crippen molar-refractivity contribution in [3.05, 3.63) is 233 Å². The lowest BCUT2D eigenvalue weighted by molar-refractivity contribution is -0.117. The third-order valence-corrected chi connectivity index (χ3v) is 13.3. The van der Waals surface area contributed by atoms with Crippen molar-refractivity contribution in [1.82, 2.24) is 0 Å². The first-order valence-electron chi connectivity index (χ1n) is 19.8. The van der Waals surface area contributed by atoms with Gasteiger partial charge in [0.15, 0.2) is 5.78 Å². The van der Waals surface area contributed by atoms with E-state index in [2.05, 4.69) is 62.2 Å². The highest BCUT2D eigenvalue weighted by molar-refractivity contribution is 9.11. The molecular formula is C54H32Br2Cl2O4. The molecule has 11 rings (SSSR count). The summed E-state index contributed by atoms with van der Waals surface area (Å²) in [5.74, 6) is -0.573. The molecule has 0 amide bonds. The highest BCUT2D eigenvalue weighted by Gasteiger charge is 2.40. The molecule has 0 N–H and O–H groups in total. The zero-order chi connectivity index (χ0) is 43.1. The Morgan fingerprint density at radius 2 is 0.887 bits per heavy atom. The number of carbonyl (C=O) groups excluding carboxylic acids is 4. The van der Waals surface area contributed by atoms with Crippen LogP contribution in [0.4, 0.5) is 0 Å². The van der Waals surface area contributed by atoms with Gasteiger partial charge in [-0.05, 0) is 74.3 Å². The average Bonchev–Trinajstić information content (AvgIpc) is 3.86. The molecule has 4 nitrogen and oxygen atoms in total. The van der Waals surface area contributed by atoms with E-state index < -0.39 is 11.6 Å². The maximum absolute atomic E-state index is 13.9. The molecule has 8 aromatic carbocycles. The summed E-state index contributed by atoms with van der Waals surface area (Å²) >= 11 is 19.7. The second-order valence-electron chi connectivity index (χ2n) is 14.9. The number of carbonyl (C=O) groups is 4. The molecule has 3 aliphatic carbocycles. The predicted octanol–water partition coefficient (Wildman–Crippen LogP) is 14.3. The molecule has 0 spiro atoms. The van der Waals surface area contributed by atoms with Crippen molar-refractivity contribution in [1.29, 1.82) is 0 Å². The lowest BCUT2D eigenvalue weighted by Crippen LogP contribution is -2.06. The minimum absolute atomic E-state index is 0.0323. The van der Waals surface area contributed by atoms with E-state index in [0.29, 0.717) is 39.6 Å². The van der Waals surface area contributed by atoms with Gasteiger partial charge >= 0.3 is 0 Å². The average molecular weight is 976 g/mol. The van der Waals surface area contributed by atoms with Crippen LogP contribution in [0.5, 0.6) is 0 Å². The largest absolute Gasteiger partial charge is 0.299 e. The van der Waals surface area contributed by atoms with Crippen LogP contribution in [0.25, 0.3) is 43.8 Å². The predicted molar refractivity (Wildman–Crippen MR) is 259 cm³/mol. The number of hydrogen-bond acceptors (Lipinski definition) is 4. The first-order valence-corrected chi connectivity index (χ1v) is 22.1. The molecule has 8 heteroatoms. The van der Waals surface area contributed by atoms with Crippen LogP contribution in [0.1, 0.15) is 54.1 Å². The zero-order valence-electron chi connectivity index (χ0n) is 32.7. The smallest absolute Gasteiger partial charge is 0.234 e. The van der Waals surface area contributed by atoms with E-state index in [1.165, 1.54) is 5.39 Å². The van der Waals surface area contributed by atoms with Crippen molar-refractivity contribution in [2.75, 3.05) is 0 Å². The number of allylic oxidation sites excluding steroid dienone is 4. The van der Waals surface area contributed by atoms with Gasteiger partial charge in [-0.3, -0.25) is 19.2 Å². The summed E-state index contributed by atoms with van der Waals surface area (Å²) in [4.78, 5) is 49.0. The van der Waals surface area contributed by atoms with Crippen LogP contribution in [0, 0.1) is 0 Å². The molecule has 0 unspecified atom stereocenters. The summed E-state index contributed by atoms with van der Waals surface area (Å²) < 4.78 is 1.96. The topological polar surface area (TPSA) is 68.3 Å². The lowest BCUT2D eigenvalue weighted by atomic mass is 9.93. The van der Waals surface area contributed by atoms with Crippen molar-refractivity contribution >= 4 is 122 Å². The molecule has 0 bridgehead atoms. The molecule has 0 saturated carbocycles. The van der Waals surface area contributed by atoms with Crippen molar-refractivity contribution in [3.63, 3.8) is 0 Å². The summed E-state index contributed by atoms with van der Waals surface area (Å²) in [6.45, 7) is 0. The summed E-state index contributed by atoms with van der Waals surface area (Å²) in [7, 11) is 0. The molecule has 0 atom stereocenters. The van der Waals surface area contributed by atoms with Gasteiger partial charge in [0, 0.05) is 76.2 Å². The monoisotopic (exact) mass is 972 g/mol. The number of fused-ring (bicyclic) bond motifs is 3. The number of Topliss-reactive ketones (excluding diaryl/α,β-unsaturated/α-hetero) is 4. The summed E-state index contributed by atoms with van der Waals surface area (Å²) in [6.07, 6.45) is 0.862. The summed E-state index contributed by atoms with van der Waals surface area (Å²) in [5, 5.41) is 5.28. The fraction of sp³-hybridized carbons (Fsp3) is 0.0370. The van der Waals surface area contributed by atoms with Crippen LogP contribution in [-0.2, 0) is 22.4 Å². The number of hydrogen-bond donors (Lipinski definition) is 0. The first-order chi connectivity index (χ1) is 30.1. The Hall–Kier alpha value is -6.02. The van der Waals surface area contributed by atoms with Gasteiger partial charge in [-0.2, -0.15) is 0 Å². The number of rotatable bonds is 6. The van der Waals surface area contributed by atoms with Crippen LogP contribution in [0.3, 0.4) is 0 Å². The Labute approximate surface area is 384 Å². The van der Waals surface area contributed by atoms with Crippen molar-refractivity contribution in [2.24, 2.45) is 0 Å². The van der Waals surface area contributed by atoms with E-state index in [0.717, 1.165) is 75.2 Å². The van der Waals surface area contributed by atoms with E-state index in [9.17, 15) is 19.2 Å². The Kier molecular flexibility index (Phi) is 11.6. The maximum atomic E-state index is 13.9. The van der Waals surface area contributed by atoms with Gasteiger partial charge < -0.3 is 0 Å². The van der Waals surface area contributed by atoms with E-state index in [-0.39, 0.29) is 11.6 Å². The van der Waals surface area contributed by atoms with Gasteiger partial charge in [-0.1, -0.05) is 195 Å². The van der Waals surface area contributed by atoms with Crippen molar-refractivity contribution in [2.45, 2.75) is 12.8 Å². The lowest BCUT2D eigenvalue weighted by Gasteiger charge is -2.10. The summed E-state index contributed by atoms with van der Waals surface area (Å²) in [5.41, 5.74) is 10.3. The van der Waals surface area contributed by atoms with Crippen LogP contribution in [0.15, 0.2) is 179 Å². The third-order valence-electron chi connectivity index (χ3n) is 11.2. The molecule has 0 fully saturated rings. The maximum Gasteiger partial charge on any atom is 0.234 e. The van der Waals surface area contributed by atoms with Crippen LogP contribution < -0.4 is 0 Å². The molecule has 62 heavy (non-hydrogen) atoms. The van der Waals surface area contributed by atoms with Crippen molar-refractivity contribution < 1.29 is 19.2 Å². The Morgan fingerprint density at radius 1 is 0.403 bits per heavy atom. The molecule has 300 valence electrons. The van der Waals surface area contributed by atoms with E-state index in [1.54, 1.807) is 24.3 Å². The van der Waals surface area contributed by atoms with E-state index >= 15 is 0 Å². The standard InChI is InChI=1S/C27H14BrClO.C15H13ClO.C12H5BrO2/c28-20-14-13-19-23-16(20)10-6-11-18(23)24-22(15-7-2-1-3-8-15)27(30)26(25(19)24)17-9-4-5-12-21(17)29;16-15-9-5-4-8-13(15)11-14(17)10-12-6-2-1-3-7-12;13-9-5-4-8-10-6(9)2-1-3-7(10)11(14)12(8)15/h1-14H;1-9H,10-11H2;1-5H. The molecular weight excluding hydrogens is 943 g/mol. The van der Waals surface area contributed by atoms with Crippen LogP contribution in [0.2, 0.25) is 10.0 Å². The fourth-order valence-electron chi connectivity index (χ4n) is 8.46. The van der Waals surface area contributed by atoms with Crippen molar-refractivity contribution in [3.8, 4) is 0 Å². The molecule has 0 heterocycles. The van der Waals surface area contributed by atoms with Gasteiger partial charge in [0.05, 0.1) is 0 Å². The second-order valence-corrected chi connectivity index (χ2v) is 17.5. The SMILES string of the molecule is O=C(Cc1ccccc1)Cc1ccccc1Cl.O=C1C(=O)c2ccc(Br)c3cccc1c23.O=C1C(c2ccccc2)=C2C(=C1c1ccccc1Cl)c1ccc(Br)c3cccc2c13. The molecule has 0 radical (unpaired) electrons. The van der Waals surface area contributed by atoms with Crippen LogP contribution in [-0.4, -0.2) is 23.1 Å². The number of benzene rings is 8. The quantitative estimate of drug-likeness (QED) is 0.156. The fourth-order valence-corrected chi connectivity index (χ4v) is 9.82.